The number of hydrogen-bond acceptors (Lipinski definition) is 2. The summed E-state index contributed by atoms with van der Waals surface area (Å²) >= 11 is 0. The van der Waals surface area contributed by atoms with Gasteiger partial charge in [-0.25, -0.2) is 4.79 Å². The fourth-order valence-corrected chi connectivity index (χ4v) is 1.09. The van der Waals surface area contributed by atoms with Gasteiger partial charge in [0.15, 0.2) is 0 Å². The first-order valence-corrected chi connectivity index (χ1v) is 3.72. The van der Waals surface area contributed by atoms with Crippen molar-refractivity contribution in [2.24, 2.45) is 5.92 Å². The Morgan fingerprint density at radius 2 is 2.45 bits per heavy atom. The van der Waals surface area contributed by atoms with Gasteiger partial charge in [-0.15, -0.1) is 6.58 Å². The van der Waals surface area contributed by atoms with E-state index in [1.165, 1.54) is 0 Å². The van der Waals surface area contributed by atoms with Crippen LogP contribution in [-0.4, -0.2) is 12.6 Å². The highest BCUT2D eigenvalue weighted by atomic mass is 16.5. The molecule has 2 nitrogen and oxygen atoms in total. The Balaban J connectivity index is 2.65. The standard InChI is InChI=1S/C9H12O2/c1-3-7-5-8(4-2)9(10)11-6-7/h3-4,7H,1,5-6H2,2H3/b8-4-. The van der Waals surface area contributed by atoms with Crippen LogP contribution in [-0.2, 0) is 9.53 Å². The molecule has 1 aliphatic rings. The number of cyclic esters (lactones) is 1. The molecule has 1 saturated heterocycles. The van der Waals surface area contributed by atoms with Gasteiger partial charge in [-0.2, -0.15) is 0 Å². The fraction of sp³-hybridized carbons (Fsp3) is 0.444. The number of ether oxygens (including phenoxy) is 1. The molecule has 0 radical (unpaired) electrons. The van der Waals surface area contributed by atoms with Crippen molar-refractivity contribution in [2.75, 3.05) is 6.61 Å². The zero-order chi connectivity index (χ0) is 8.27. The molecule has 1 rings (SSSR count). The molecule has 1 atom stereocenters. The highest BCUT2D eigenvalue weighted by molar-refractivity contribution is 5.89. The molecule has 0 amide bonds. The van der Waals surface area contributed by atoms with Crippen molar-refractivity contribution >= 4 is 5.97 Å². The number of carbonyl (C=O) groups is 1. The topological polar surface area (TPSA) is 26.3 Å². The van der Waals surface area contributed by atoms with Crippen LogP contribution in [0.2, 0.25) is 0 Å². The van der Waals surface area contributed by atoms with E-state index in [1.54, 1.807) is 6.08 Å². The van der Waals surface area contributed by atoms with Gasteiger partial charge in [0.25, 0.3) is 0 Å². The first-order valence-electron chi connectivity index (χ1n) is 3.72. The molecule has 1 fully saturated rings. The summed E-state index contributed by atoms with van der Waals surface area (Å²) in [4.78, 5) is 11.0. The predicted molar refractivity (Wildman–Crippen MR) is 43.0 cm³/mol. The summed E-state index contributed by atoms with van der Waals surface area (Å²) in [6, 6.07) is 0. The van der Waals surface area contributed by atoms with E-state index < -0.39 is 0 Å². The molecule has 1 aliphatic heterocycles. The quantitative estimate of drug-likeness (QED) is 0.324. The lowest BCUT2D eigenvalue weighted by Crippen LogP contribution is -2.22. The summed E-state index contributed by atoms with van der Waals surface area (Å²) in [5.41, 5.74) is 0.765. The summed E-state index contributed by atoms with van der Waals surface area (Å²) < 4.78 is 4.91. The maximum absolute atomic E-state index is 11.0. The van der Waals surface area contributed by atoms with Crippen LogP contribution in [0.15, 0.2) is 24.3 Å². The molecule has 0 aromatic heterocycles. The Labute approximate surface area is 66.5 Å². The van der Waals surface area contributed by atoms with Crippen molar-refractivity contribution in [3.8, 4) is 0 Å². The molecule has 0 spiro atoms. The molecule has 0 N–H and O–H groups in total. The van der Waals surface area contributed by atoms with Gasteiger partial charge in [-0.1, -0.05) is 12.2 Å². The maximum atomic E-state index is 11.0. The molecule has 2 heteroatoms. The van der Waals surface area contributed by atoms with Gasteiger partial charge >= 0.3 is 5.97 Å². The average molecular weight is 152 g/mol. The molecule has 1 heterocycles. The van der Waals surface area contributed by atoms with Gasteiger partial charge in [0, 0.05) is 11.5 Å². The fourth-order valence-electron chi connectivity index (χ4n) is 1.09. The molecule has 0 aromatic rings. The maximum Gasteiger partial charge on any atom is 0.333 e. The van der Waals surface area contributed by atoms with E-state index in [9.17, 15) is 4.79 Å². The third-order valence-electron chi connectivity index (χ3n) is 1.85. The van der Waals surface area contributed by atoms with Crippen LogP contribution in [0.1, 0.15) is 13.3 Å². The number of carbonyl (C=O) groups excluding carboxylic acids is 1. The lowest BCUT2D eigenvalue weighted by Gasteiger charge is -2.20. The van der Waals surface area contributed by atoms with Gasteiger partial charge in [0.1, 0.15) is 0 Å². The molecular weight excluding hydrogens is 140 g/mol. The number of hydrogen-bond donors (Lipinski definition) is 0. The Hall–Kier alpha value is -1.05. The number of rotatable bonds is 1. The second-order valence-corrected chi connectivity index (χ2v) is 2.61. The van der Waals surface area contributed by atoms with Crippen LogP contribution in [0.3, 0.4) is 0 Å². The smallest absolute Gasteiger partial charge is 0.333 e. The van der Waals surface area contributed by atoms with Gasteiger partial charge in [-0.3, -0.25) is 0 Å². The molecule has 0 aromatic carbocycles. The summed E-state index contributed by atoms with van der Waals surface area (Å²) in [7, 11) is 0. The van der Waals surface area contributed by atoms with Crippen molar-refractivity contribution in [2.45, 2.75) is 13.3 Å². The van der Waals surface area contributed by atoms with Gasteiger partial charge in [-0.05, 0) is 13.3 Å². The van der Waals surface area contributed by atoms with Gasteiger partial charge in [0.2, 0.25) is 0 Å². The highest BCUT2D eigenvalue weighted by Gasteiger charge is 2.21. The van der Waals surface area contributed by atoms with E-state index in [0.29, 0.717) is 12.5 Å². The first-order chi connectivity index (χ1) is 5.27. The van der Waals surface area contributed by atoms with Crippen molar-refractivity contribution in [3.63, 3.8) is 0 Å². The third-order valence-corrected chi connectivity index (χ3v) is 1.85. The van der Waals surface area contributed by atoms with Crippen molar-refractivity contribution < 1.29 is 9.53 Å². The Morgan fingerprint density at radius 3 is 3.00 bits per heavy atom. The minimum atomic E-state index is -0.175. The highest BCUT2D eigenvalue weighted by Crippen LogP contribution is 2.20. The molecule has 11 heavy (non-hydrogen) atoms. The molecule has 0 aliphatic carbocycles. The second-order valence-electron chi connectivity index (χ2n) is 2.61. The van der Waals surface area contributed by atoms with Crippen molar-refractivity contribution in [3.05, 3.63) is 24.3 Å². The van der Waals surface area contributed by atoms with E-state index in [-0.39, 0.29) is 5.97 Å². The predicted octanol–water partition coefficient (Wildman–Crippen LogP) is 1.68. The first kappa shape index (κ1) is 8.05. The van der Waals surface area contributed by atoms with E-state index >= 15 is 0 Å². The SMILES string of the molecule is C=CC1COC(=O)/C(=C\C)C1. The summed E-state index contributed by atoms with van der Waals surface area (Å²) in [6.45, 7) is 5.99. The largest absolute Gasteiger partial charge is 0.462 e. The van der Waals surface area contributed by atoms with E-state index in [4.69, 9.17) is 4.74 Å². The van der Waals surface area contributed by atoms with Crippen LogP contribution in [0.4, 0.5) is 0 Å². The lowest BCUT2D eigenvalue weighted by atomic mass is 9.98. The minimum Gasteiger partial charge on any atom is -0.462 e. The normalized spacial score (nSPS) is 28.3. The lowest BCUT2D eigenvalue weighted by molar-refractivity contribution is -0.142. The molecular formula is C9H12O2. The van der Waals surface area contributed by atoms with Crippen LogP contribution in [0.25, 0.3) is 0 Å². The van der Waals surface area contributed by atoms with E-state index in [1.807, 2.05) is 13.0 Å². The summed E-state index contributed by atoms with van der Waals surface area (Å²) in [6.07, 6.45) is 4.41. The van der Waals surface area contributed by atoms with Crippen LogP contribution >= 0.6 is 0 Å². The van der Waals surface area contributed by atoms with Gasteiger partial charge in [0.05, 0.1) is 6.61 Å². The van der Waals surface area contributed by atoms with Crippen LogP contribution in [0.5, 0.6) is 0 Å². The zero-order valence-corrected chi connectivity index (χ0v) is 6.67. The molecule has 0 saturated carbocycles. The van der Waals surface area contributed by atoms with E-state index in [0.717, 1.165) is 12.0 Å². The van der Waals surface area contributed by atoms with Crippen molar-refractivity contribution in [1.82, 2.24) is 0 Å². The number of esters is 1. The summed E-state index contributed by atoms with van der Waals surface area (Å²) in [5.74, 6) is 0.129. The summed E-state index contributed by atoms with van der Waals surface area (Å²) in [5, 5.41) is 0. The van der Waals surface area contributed by atoms with Crippen molar-refractivity contribution in [1.29, 1.82) is 0 Å². The molecule has 0 bridgehead atoms. The minimum absolute atomic E-state index is 0.175. The van der Waals surface area contributed by atoms with Crippen LogP contribution < -0.4 is 0 Å². The Morgan fingerprint density at radius 1 is 1.73 bits per heavy atom. The molecule has 1 unspecified atom stereocenters. The average Bonchev–Trinajstić information content (AvgIpc) is 2.05. The Kier molecular flexibility index (Phi) is 2.47. The van der Waals surface area contributed by atoms with Crippen LogP contribution in [0, 0.1) is 5.92 Å². The third kappa shape index (κ3) is 1.70. The Bertz CT molecular complexity index is 204. The van der Waals surface area contributed by atoms with Gasteiger partial charge < -0.3 is 4.74 Å². The number of allylic oxidation sites excluding steroid dienone is 1. The molecule has 60 valence electrons. The van der Waals surface area contributed by atoms with E-state index in [2.05, 4.69) is 6.58 Å². The second kappa shape index (κ2) is 3.37. The zero-order valence-electron chi connectivity index (χ0n) is 6.67. The monoisotopic (exact) mass is 152 g/mol.